The number of carboxylic acid groups (broad SMARTS) is 1. The van der Waals surface area contributed by atoms with Gasteiger partial charge in [0, 0.05) is 19.0 Å². The summed E-state index contributed by atoms with van der Waals surface area (Å²) in [5, 5.41) is 14.1. The molecular formula is C12H22N2O5S. The van der Waals surface area contributed by atoms with Gasteiger partial charge in [-0.3, -0.25) is 4.79 Å². The molecule has 2 amide bonds. The molecule has 1 heterocycles. The van der Waals surface area contributed by atoms with Gasteiger partial charge < -0.3 is 15.7 Å². The Labute approximate surface area is 119 Å². The maximum absolute atomic E-state index is 11.7. The first-order chi connectivity index (χ1) is 9.32. The van der Waals surface area contributed by atoms with Gasteiger partial charge in [-0.2, -0.15) is 0 Å². The van der Waals surface area contributed by atoms with Gasteiger partial charge in [0.15, 0.2) is 0 Å². The summed E-state index contributed by atoms with van der Waals surface area (Å²) in [5.41, 5.74) is 0. The molecule has 0 radical (unpaired) electrons. The number of sulfone groups is 1. The molecule has 116 valence electrons. The lowest BCUT2D eigenvalue weighted by Gasteiger charge is -2.23. The Balaban J connectivity index is 2.28. The fourth-order valence-corrected chi connectivity index (χ4v) is 3.61. The van der Waals surface area contributed by atoms with Crippen LogP contribution in [0.3, 0.4) is 0 Å². The lowest BCUT2D eigenvalue weighted by atomic mass is 10.0. The monoisotopic (exact) mass is 306 g/mol. The lowest BCUT2D eigenvalue weighted by Crippen LogP contribution is -2.46. The number of carbonyl (C=O) groups excluding carboxylic acids is 1. The normalized spacial score (nSPS) is 20.1. The number of nitrogens with one attached hydrogen (secondary N) is 2. The van der Waals surface area contributed by atoms with Gasteiger partial charge in [0.2, 0.25) is 0 Å². The molecule has 0 aromatic carbocycles. The predicted octanol–water partition coefficient (Wildman–Crippen LogP) is 0.364. The quantitative estimate of drug-likeness (QED) is 0.656. The fourth-order valence-electron chi connectivity index (χ4n) is 2.12. The van der Waals surface area contributed by atoms with E-state index in [0.29, 0.717) is 25.8 Å². The van der Waals surface area contributed by atoms with Gasteiger partial charge in [-0.05, 0) is 18.8 Å². The SMILES string of the molecule is CCC(CNC(=O)NC1CCS(=O)(=O)CC1)CC(=O)O. The second-order valence-electron chi connectivity index (χ2n) is 5.15. The minimum absolute atomic E-state index is 0.0262. The summed E-state index contributed by atoms with van der Waals surface area (Å²) in [6.45, 7) is 2.18. The van der Waals surface area contributed by atoms with Gasteiger partial charge >= 0.3 is 12.0 Å². The van der Waals surface area contributed by atoms with E-state index in [-0.39, 0.29) is 35.9 Å². The van der Waals surface area contributed by atoms with E-state index in [1.807, 2.05) is 6.92 Å². The third-order valence-electron chi connectivity index (χ3n) is 3.48. The number of hydrogen-bond acceptors (Lipinski definition) is 4. The van der Waals surface area contributed by atoms with Crippen molar-refractivity contribution in [3.05, 3.63) is 0 Å². The summed E-state index contributed by atoms with van der Waals surface area (Å²) in [4.78, 5) is 22.3. The number of aliphatic carboxylic acids is 1. The average Bonchev–Trinajstić information content (AvgIpc) is 2.36. The number of carbonyl (C=O) groups is 2. The van der Waals surface area contributed by atoms with Crippen LogP contribution in [0.1, 0.15) is 32.6 Å². The Hall–Kier alpha value is -1.31. The van der Waals surface area contributed by atoms with E-state index in [2.05, 4.69) is 10.6 Å². The average molecular weight is 306 g/mol. The highest BCUT2D eigenvalue weighted by molar-refractivity contribution is 7.91. The number of hydrogen-bond donors (Lipinski definition) is 3. The molecule has 1 unspecified atom stereocenters. The molecule has 1 aliphatic rings. The smallest absolute Gasteiger partial charge is 0.315 e. The molecule has 1 rings (SSSR count). The van der Waals surface area contributed by atoms with E-state index < -0.39 is 15.8 Å². The zero-order valence-electron chi connectivity index (χ0n) is 11.6. The molecule has 0 aliphatic carbocycles. The van der Waals surface area contributed by atoms with Crippen LogP contribution < -0.4 is 10.6 Å². The van der Waals surface area contributed by atoms with E-state index in [9.17, 15) is 18.0 Å². The largest absolute Gasteiger partial charge is 0.481 e. The number of rotatable bonds is 6. The summed E-state index contributed by atoms with van der Waals surface area (Å²) in [6, 6.07) is -0.490. The van der Waals surface area contributed by atoms with Gasteiger partial charge in [0.25, 0.3) is 0 Å². The molecule has 20 heavy (non-hydrogen) atoms. The van der Waals surface area contributed by atoms with Crippen molar-refractivity contribution in [2.75, 3.05) is 18.1 Å². The van der Waals surface area contributed by atoms with E-state index in [1.54, 1.807) is 0 Å². The van der Waals surface area contributed by atoms with E-state index in [4.69, 9.17) is 5.11 Å². The zero-order valence-corrected chi connectivity index (χ0v) is 12.4. The highest BCUT2D eigenvalue weighted by Gasteiger charge is 2.24. The Morgan fingerprint density at radius 2 is 1.90 bits per heavy atom. The summed E-state index contributed by atoms with van der Waals surface area (Å²) in [5.74, 6) is -0.759. The van der Waals surface area contributed by atoms with E-state index >= 15 is 0 Å². The first-order valence-corrected chi connectivity index (χ1v) is 8.61. The second-order valence-corrected chi connectivity index (χ2v) is 7.46. The highest BCUT2D eigenvalue weighted by Crippen LogP contribution is 2.12. The first-order valence-electron chi connectivity index (χ1n) is 6.79. The van der Waals surface area contributed by atoms with E-state index in [1.165, 1.54) is 0 Å². The van der Waals surface area contributed by atoms with Crippen molar-refractivity contribution in [3.8, 4) is 0 Å². The molecule has 1 fully saturated rings. The topological polar surface area (TPSA) is 113 Å². The Bertz CT molecular complexity index is 435. The molecular weight excluding hydrogens is 284 g/mol. The van der Waals surface area contributed by atoms with Crippen molar-refractivity contribution in [2.45, 2.75) is 38.6 Å². The zero-order chi connectivity index (χ0) is 15.2. The molecule has 0 saturated carbocycles. The van der Waals surface area contributed by atoms with Crippen molar-refractivity contribution >= 4 is 21.8 Å². The molecule has 7 nitrogen and oxygen atoms in total. The molecule has 0 spiro atoms. The predicted molar refractivity (Wildman–Crippen MR) is 74.2 cm³/mol. The summed E-state index contributed by atoms with van der Waals surface area (Å²) in [7, 11) is -2.93. The van der Waals surface area contributed by atoms with Crippen LogP contribution >= 0.6 is 0 Å². The molecule has 3 N–H and O–H groups in total. The van der Waals surface area contributed by atoms with Crippen molar-refractivity contribution in [1.29, 1.82) is 0 Å². The first kappa shape index (κ1) is 16.7. The Morgan fingerprint density at radius 3 is 2.40 bits per heavy atom. The summed E-state index contributed by atoms with van der Waals surface area (Å²) in [6.07, 6.45) is 1.57. The molecule has 1 saturated heterocycles. The molecule has 1 aliphatic heterocycles. The van der Waals surface area contributed by atoms with Crippen LogP contribution in [0.2, 0.25) is 0 Å². The van der Waals surface area contributed by atoms with Crippen LogP contribution in [-0.4, -0.2) is 49.6 Å². The maximum Gasteiger partial charge on any atom is 0.315 e. The van der Waals surface area contributed by atoms with Gasteiger partial charge in [-0.25, -0.2) is 13.2 Å². The molecule has 1 atom stereocenters. The van der Waals surface area contributed by atoms with Crippen molar-refractivity contribution in [3.63, 3.8) is 0 Å². The Morgan fingerprint density at radius 1 is 1.30 bits per heavy atom. The lowest BCUT2D eigenvalue weighted by molar-refractivity contribution is -0.138. The summed E-state index contributed by atoms with van der Waals surface area (Å²) < 4.78 is 22.5. The van der Waals surface area contributed by atoms with E-state index in [0.717, 1.165) is 0 Å². The molecule has 8 heteroatoms. The minimum Gasteiger partial charge on any atom is -0.481 e. The van der Waals surface area contributed by atoms with Gasteiger partial charge in [0.1, 0.15) is 9.84 Å². The highest BCUT2D eigenvalue weighted by atomic mass is 32.2. The molecule has 0 bridgehead atoms. The van der Waals surface area contributed by atoms with Crippen LogP contribution in [0, 0.1) is 5.92 Å². The molecule has 0 aromatic heterocycles. The van der Waals surface area contributed by atoms with Crippen LogP contribution in [0.5, 0.6) is 0 Å². The number of carboxylic acids is 1. The standard InChI is InChI=1S/C12H22N2O5S/c1-2-9(7-11(15)16)8-13-12(17)14-10-3-5-20(18,19)6-4-10/h9-10H,2-8H2,1H3,(H,15,16)(H2,13,14,17). The number of urea groups is 1. The van der Waals surface area contributed by atoms with Crippen molar-refractivity contribution < 1.29 is 23.1 Å². The maximum atomic E-state index is 11.7. The fraction of sp³-hybridized carbons (Fsp3) is 0.833. The molecule has 0 aromatic rings. The van der Waals surface area contributed by atoms with Crippen molar-refractivity contribution in [1.82, 2.24) is 10.6 Å². The third kappa shape index (κ3) is 6.23. The van der Waals surface area contributed by atoms with Crippen molar-refractivity contribution in [2.24, 2.45) is 5.92 Å². The van der Waals surface area contributed by atoms with Gasteiger partial charge in [0.05, 0.1) is 11.5 Å². The summed E-state index contributed by atoms with van der Waals surface area (Å²) >= 11 is 0. The van der Waals surface area contributed by atoms with Crippen LogP contribution in [0.4, 0.5) is 4.79 Å². The van der Waals surface area contributed by atoms with Gasteiger partial charge in [-0.15, -0.1) is 0 Å². The van der Waals surface area contributed by atoms with Crippen LogP contribution in [0.25, 0.3) is 0 Å². The Kier molecular flexibility index (Phi) is 6.25. The van der Waals surface area contributed by atoms with Crippen LogP contribution in [-0.2, 0) is 14.6 Å². The second kappa shape index (κ2) is 7.47. The third-order valence-corrected chi connectivity index (χ3v) is 5.20. The minimum atomic E-state index is -2.93. The van der Waals surface area contributed by atoms with Crippen LogP contribution in [0.15, 0.2) is 0 Å². The number of amides is 2. The van der Waals surface area contributed by atoms with Gasteiger partial charge in [-0.1, -0.05) is 13.3 Å².